The highest BCUT2D eigenvalue weighted by atomic mass is 32.2. The number of halogens is 2. The van der Waals surface area contributed by atoms with E-state index in [2.05, 4.69) is 25.9 Å². The first-order chi connectivity index (χ1) is 20.2. The van der Waals surface area contributed by atoms with E-state index in [4.69, 9.17) is 4.74 Å². The zero-order valence-electron chi connectivity index (χ0n) is 23.2. The van der Waals surface area contributed by atoms with Gasteiger partial charge in [-0.2, -0.15) is 8.70 Å². The number of rotatable bonds is 10. The number of anilines is 2. The molecule has 3 heterocycles. The molecule has 11 nitrogen and oxygen atoms in total. The molecule has 222 valence electrons. The molecule has 1 amide bonds. The molecule has 0 aliphatic carbocycles. The molecule has 0 spiro atoms. The molecule has 5 rings (SSSR count). The number of aromatic nitrogens is 3. The molecule has 2 aromatic carbocycles. The highest BCUT2D eigenvalue weighted by Gasteiger charge is 2.23. The third-order valence-corrected chi connectivity index (χ3v) is 9.00. The summed E-state index contributed by atoms with van der Waals surface area (Å²) in [6.07, 6.45) is 4.85. The van der Waals surface area contributed by atoms with Gasteiger partial charge in [-0.3, -0.25) is 9.20 Å². The van der Waals surface area contributed by atoms with Crippen molar-refractivity contribution in [2.75, 3.05) is 50.9 Å². The molecule has 2 aromatic heterocycles. The lowest BCUT2D eigenvalue weighted by molar-refractivity contribution is 0.0953. The Kier molecular flexibility index (Phi) is 8.66. The summed E-state index contributed by atoms with van der Waals surface area (Å²) in [5.41, 5.74) is 2.52. The Morgan fingerprint density at radius 2 is 1.90 bits per heavy atom. The smallest absolute Gasteiger partial charge is 0.251 e. The minimum atomic E-state index is -3.35. The number of piperazine rings is 1. The predicted molar refractivity (Wildman–Crippen MR) is 155 cm³/mol. The van der Waals surface area contributed by atoms with Gasteiger partial charge in [0, 0.05) is 61.9 Å². The number of ether oxygens (including phenoxy) is 1. The maximum Gasteiger partial charge on any atom is 0.251 e. The van der Waals surface area contributed by atoms with Crippen LogP contribution in [-0.4, -0.2) is 78.6 Å². The molecule has 0 unspecified atom stereocenters. The van der Waals surface area contributed by atoms with Gasteiger partial charge in [-0.15, -0.1) is 0 Å². The van der Waals surface area contributed by atoms with Crippen LogP contribution in [0, 0.1) is 18.6 Å². The number of hydrogen-bond donors (Lipinski definition) is 3. The largest absolute Gasteiger partial charge is 0.494 e. The number of nitrogens with zero attached hydrogens (tertiary/aromatic N) is 4. The summed E-state index contributed by atoms with van der Waals surface area (Å²) < 4.78 is 62.0. The SMILES string of the molecule is COc1ccc(-c2cnc3c(Nc4ccc(C(=O)NCCCS(=O)(=O)N5CCNCC5)c(C)c4)nccn23)c(F)c1F. The van der Waals surface area contributed by atoms with Gasteiger partial charge in [0.25, 0.3) is 5.91 Å². The van der Waals surface area contributed by atoms with Gasteiger partial charge in [0.05, 0.1) is 24.8 Å². The lowest BCUT2D eigenvalue weighted by Gasteiger charge is -2.26. The van der Waals surface area contributed by atoms with Gasteiger partial charge in [-0.1, -0.05) is 0 Å². The average Bonchev–Trinajstić information content (AvgIpc) is 3.42. The summed E-state index contributed by atoms with van der Waals surface area (Å²) in [5, 5.41) is 9.10. The van der Waals surface area contributed by atoms with E-state index in [-0.39, 0.29) is 29.5 Å². The summed E-state index contributed by atoms with van der Waals surface area (Å²) >= 11 is 0. The van der Waals surface area contributed by atoms with Gasteiger partial charge >= 0.3 is 0 Å². The van der Waals surface area contributed by atoms with E-state index >= 15 is 0 Å². The van der Waals surface area contributed by atoms with Crippen molar-refractivity contribution in [1.29, 1.82) is 0 Å². The van der Waals surface area contributed by atoms with Crippen molar-refractivity contribution in [3.05, 3.63) is 71.7 Å². The van der Waals surface area contributed by atoms with Crippen LogP contribution in [0.4, 0.5) is 20.3 Å². The van der Waals surface area contributed by atoms with Gasteiger partial charge in [0.1, 0.15) is 0 Å². The molecule has 1 aliphatic rings. The summed E-state index contributed by atoms with van der Waals surface area (Å²) in [5.74, 6) is -2.28. The second-order valence-corrected chi connectivity index (χ2v) is 11.9. The maximum atomic E-state index is 14.8. The van der Waals surface area contributed by atoms with Crippen molar-refractivity contribution >= 4 is 33.1 Å². The van der Waals surface area contributed by atoms with Crippen molar-refractivity contribution in [2.24, 2.45) is 0 Å². The number of aryl methyl sites for hydroxylation is 1. The summed E-state index contributed by atoms with van der Waals surface area (Å²) in [6, 6.07) is 7.93. The lowest BCUT2D eigenvalue weighted by Crippen LogP contribution is -2.47. The number of carbonyl (C=O) groups excluding carboxylic acids is 1. The first-order valence-electron chi connectivity index (χ1n) is 13.4. The van der Waals surface area contributed by atoms with Crippen molar-refractivity contribution in [3.8, 4) is 17.0 Å². The van der Waals surface area contributed by atoms with Crippen molar-refractivity contribution in [3.63, 3.8) is 0 Å². The van der Waals surface area contributed by atoms with Crippen LogP contribution in [-0.2, 0) is 10.0 Å². The quantitative estimate of drug-likeness (QED) is 0.237. The van der Waals surface area contributed by atoms with E-state index in [0.717, 1.165) is 0 Å². The highest BCUT2D eigenvalue weighted by molar-refractivity contribution is 7.89. The van der Waals surface area contributed by atoms with Gasteiger partial charge < -0.3 is 20.7 Å². The Morgan fingerprint density at radius 1 is 1.12 bits per heavy atom. The lowest BCUT2D eigenvalue weighted by atomic mass is 10.1. The van der Waals surface area contributed by atoms with E-state index in [0.29, 0.717) is 66.6 Å². The van der Waals surface area contributed by atoms with Crippen LogP contribution in [0.5, 0.6) is 5.75 Å². The van der Waals surface area contributed by atoms with Crippen LogP contribution < -0.4 is 20.7 Å². The number of sulfonamides is 1. The monoisotopic (exact) mass is 599 g/mol. The highest BCUT2D eigenvalue weighted by Crippen LogP contribution is 2.31. The summed E-state index contributed by atoms with van der Waals surface area (Å²) in [6.45, 7) is 4.22. The molecule has 14 heteroatoms. The van der Waals surface area contributed by atoms with Gasteiger partial charge in [-0.25, -0.2) is 22.8 Å². The third kappa shape index (κ3) is 6.05. The fourth-order valence-electron chi connectivity index (χ4n) is 4.83. The number of methoxy groups -OCH3 is 1. The van der Waals surface area contributed by atoms with E-state index in [1.807, 2.05) is 0 Å². The summed E-state index contributed by atoms with van der Waals surface area (Å²) in [7, 11) is -2.08. The Bertz CT molecular complexity index is 1720. The first kappa shape index (κ1) is 29.4. The fourth-order valence-corrected chi connectivity index (χ4v) is 6.34. The number of fused-ring (bicyclic) bond motifs is 1. The first-order valence-corrected chi connectivity index (χ1v) is 15.0. The minimum absolute atomic E-state index is 0.0190. The van der Waals surface area contributed by atoms with Crippen LogP contribution in [0.15, 0.2) is 48.9 Å². The standard InChI is InChI=1S/C28H31F2N7O4S/c1-18-16-19(4-5-20(18)28(38)33-8-3-15-42(39,40)36-12-9-31-10-13-36)35-26-27-34-17-22(37(27)14-11-32-26)21-6-7-23(41-2)25(30)24(21)29/h4-7,11,14,16-17,31H,3,8-10,12-13,15H2,1-2H3,(H,32,35)(H,33,38). The van der Waals surface area contributed by atoms with Crippen LogP contribution >= 0.6 is 0 Å². The number of benzene rings is 2. The normalized spacial score (nSPS) is 14.2. The minimum Gasteiger partial charge on any atom is -0.494 e. The Morgan fingerprint density at radius 3 is 2.64 bits per heavy atom. The summed E-state index contributed by atoms with van der Waals surface area (Å²) in [4.78, 5) is 21.5. The number of amides is 1. The third-order valence-electron chi connectivity index (χ3n) is 7.04. The number of hydrogen-bond acceptors (Lipinski definition) is 8. The molecular weight excluding hydrogens is 568 g/mol. The van der Waals surface area contributed by atoms with Crippen LogP contribution in [0.25, 0.3) is 16.9 Å². The topological polar surface area (TPSA) is 130 Å². The molecular formula is C28H31F2N7O4S. The molecule has 0 radical (unpaired) electrons. The molecule has 1 saturated heterocycles. The van der Waals surface area contributed by atoms with Crippen molar-refractivity contribution in [1.82, 2.24) is 29.3 Å². The average molecular weight is 600 g/mol. The zero-order valence-corrected chi connectivity index (χ0v) is 24.0. The number of nitrogens with one attached hydrogen (secondary N) is 3. The van der Waals surface area contributed by atoms with Gasteiger partial charge in [-0.05, 0) is 49.2 Å². The van der Waals surface area contributed by atoms with Crippen LogP contribution in [0.2, 0.25) is 0 Å². The molecule has 1 aliphatic heterocycles. The molecule has 0 bridgehead atoms. The second kappa shape index (κ2) is 12.4. The fraction of sp³-hybridized carbons (Fsp3) is 0.321. The van der Waals surface area contributed by atoms with Crippen LogP contribution in [0.1, 0.15) is 22.3 Å². The maximum absolute atomic E-state index is 14.8. The van der Waals surface area contributed by atoms with E-state index in [9.17, 15) is 22.0 Å². The molecule has 1 fully saturated rings. The Labute approximate surface area is 242 Å². The molecule has 3 N–H and O–H groups in total. The molecule has 0 atom stereocenters. The number of carbonyl (C=O) groups is 1. The van der Waals surface area contributed by atoms with E-state index < -0.39 is 21.7 Å². The number of imidazole rings is 1. The predicted octanol–water partition coefficient (Wildman–Crippen LogP) is 3.09. The Balaban J connectivity index is 1.25. The second-order valence-electron chi connectivity index (χ2n) is 9.79. The van der Waals surface area contributed by atoms with E-state index in [1.165, 1.54) is 35.9 Å². The van der Waals surface area contributed by atoms with E-state index in [1.54, 1.807) is 35.7 Å². The van der Waals surface area contributed by atoms with Gasteiger partial charge in [0.2, 0.25) is 15.8 Å². The van der Waals surface area contributed by atoms with Crippen molar-refractivity contribution < 1.29 is 26.7 Å². The molecule has 4 aromatic rings. The molecule has 42 heavy (non-hydrogen) atoms. The zero-order chi connectivity index (χ0) is 29.9. The Hall–Kier alpha value is -4.14. The van der Waals surface area contributed by atoms with Crippen LogP contribution in [0.3, 0.4) is 0 Å². The van der Waals surface area contributed by atoms with Crippen molar-refractivity contribution in [2.45, 2.75) is 13.3 Å². The van der Waals surface area contributed by atoms with Gasteiger partial charge in [0.15, 0.2) is 23.0 Å². The molecule has 0 saturated carbocycles.